The molecule has 0 aliphatic carbocycles. The molecule has 0 aromatic carbocycles. The lowest BCUT2D eigenvalue weighted by Crippen LogP contribution is -2.39. The summed E-state index contributed by atoms with van der Waals surface area (Å²) in [7, 11) is 1.29. The zero-order valence-corrected chi connectivity index (χ0v) is 11.8. The van der Waals surface area contributed by atoms with Crippen LogP contribution in [0.5, 0.6) is 0 Å². The summed E-state index contributed by atoms with van der Waals surface area (Å²) in [6.07, 6.45) is 3.95. The number of amides is 1. The van der Waals surface area contributed by atoms with Crippen LogP contribution in [-0.2, 0) is 9.53 Å². The topological polar surface area (TPSA) is 85.2 Å². The Morgan fingerprint density at radius 2 is 2.40 bits per heavy atom. The molecule has 2 heterocycles. The molecule has 1 aromatic heterocycles. The average molecular weight is 280 g/mol. The van der Waals surface area contributed by atoms with Crippen molar-refractivity contribution >= 4 is 11.9 Å². The van der Waals surface area contributed by atoms with E-state index in [9.17, 15) is 9.59 Å². The normalized spacial score (nSPS) is 20.2. The van der Waals surface area contributed by atoms with Crippen LogP contribution in [0, 0.1) is 0 Å². The molecule has 1 aliphatic rings. The minimum absolute atomic E-state index is 0.281. The molecule has 0 spiro atoms. The number of methoxy groups -OCH3 is 1. The van der Waals surface area contributed by atoms with E-state index in [-0.39, 0.29) is 11.9 Å². The van der Waals surface area contributed by atoms with Crippen molar-refractivity contribution in [3.05, 3.63) is 18.0 Å². The van der Waals surface area contributed by atoms with Gasteiger partial charge in [-0.25, -0.2) is 4.79 Å². The number of carbonyl (C=O) groups is 2. The van der Waals surface area contributed by atoms with Crippen molar-refractivity contribution in [2.75, 3.05) is 20.2 Å². The molecule has 1 saturated heterocycles. The van der Waals surface area contributed by atoms with Gasteiger partial charge in [-0.15, -0.1) is 0 Å². The van der Waals surface area contributed by atoms with E-state index >= 15 is 0 Å². The van der Waals surface area contributed by atoms with Crippen LogP contribution < -0.4 is 10.6 Å². The van der Waals surface area contributed by atoms with E-state index in [0.29, 0.717) is 5.69 Å². The Hall–Kier alpha value is -1.89. The van der Waals surface area contributed by atoms with Crippen molar-refractivity contribution in [2.45, 2.75) is 31.8 Å². The number of carbonyl (C=O) groups excluding carboxylic acids is 2. The van der Waals surface area contributed by atoms with Crippen molar-refractivity contribution in [1.82, 2.24) is 20.4 Å². The number of hydrogen-bond donors (Lipinski definition) is 2. The molecule has 2 rings (SSSR count). The Balaban J connectivity index is 1.97. The number of ether oxygens (including phenoxy) is 1. The molecular weight excluding hydrogens is 260 g/mol. The van der Waals surface area contributed by atoms with Gasteiger partial charge in [-0.3, -0.25) is 9.48 Å². The summed E-state index contributed by atoms with van der Waals surface area (Å²) in [5, 5.41) is 10.1. The monoisotopic (exact) mass is 280 g/mol. The first-order valence-corrected chi connectivity index (χ1v) is 6.76. The van der Waals surface area contributed by atoms with Crippen LogP contribution >= 0.6 is 0 Å². The van der Waals surface area contributed by atoms with Gasteiger partial charge in [0.2, 0.25) is 0 Å². The molecule has 1 fully saturated rings. The van der Waals surface area contributed by atoms with Crippen LogP contribution in [0.4, 0.5) is 0 Å². The molecule has 1 amide bonds. The van der Waals surface area contributed by atoms with Crippen molar-refractivity contribution in [1.29, 1.82) is 0 Å². The summed E-state index contributed by atoms with van der Waals surface area (Å²) in [6, 6.07) is 1.26. The number of piperidine rings is 1. The van der Waals surface area contributed by atoms with Crippen molar-refractivity contribution in [3.63, 3.8) is 0 Å². The van der Waals surface area contributed by atoms with Crippen molar-refractivity contribution in [2.24, 2.45) is 0 Å². The fraction of sp³-hybridized carbons (Fsp3) is 0.615. The predicted molar refractivity (Wildman–Crippen MR) is 72.3 cm³/mol. The van der Waals surface area contributed by atoms with Gasteiger partial charge in [-0.2, -0.15) is 5.10 Å². The quantitative estimate of drug-likeness (QED) is 0.764. The first kappa shape index (κ1) is 14.5. The van der Waals surface area contributed by atoms with Gasteiger partial charge in [0.15, 0.2) is 0 Å². The second kappa shape index (κ2) is 6.51. The maximum atomic E-state index is 12.0. The van der Waals surface area contributed by atoms with Crippen LogP contribution in [0.1, 0.15) is 36.3 Å². The average Bonchev–Trinajstić information content (AvgIpc) is 2.97. The lowest BCUT2D eigenvalue weighted by atomic mass is 10.1. The number of nitrogens with one attached hydrogen (secondary N) is 2. The molecule has 0 bridgehead atoms. The van der Waals surface area contributed by atoms with Crippen LogP contribution in [0.2, 0.25) is 0 Å². The van der Waals surface area contributed by atoms with Gasteiger partial charge in [0.25, 0.3) is 5.91 Å². The molecule has 1 aromatic rings. The van der Waals surface area contributed by atoms with Crippen molar-refractivity contribution in [3.8, 4) is 0 Å². The van der Waals surface area contributed by atoms with Gasteiger partial charge in [-0.1, -0.05) is 0 Å². The molecule has 2 atom stereocenters. The number of nitrogens with zero attached hydrogens (tertiary/aromatic N) is 2. The largest absolute Gasteiger partial charge is 0.467 e. The Morgan fingerprint density at radius 1 is 1.60 bits per heavy atom. The number of esters is 1. The highest BCUT2D eigenvalue weighted by Gasteiger charge is 2.20. The molecular formula is C13H20N4O3. The predicted octanol–water partition coefficient (Wildman–Crippen LogP) is 0.0989. The summed E-state index contributed by atoms with van der Waals surface area (Å²) in [5.74, 6) is -0.848. The van der Waals surface area contributed by atoms with Gasteiger partial charge < -0.3 is 15.4 Å². The minimum atomic E-state index is -0.686. The highest BCUT2D eigenvalue weighted by Crippen LogP contribution is 2.15. The summed E-state index contributed by atoms with van der Waals surface area (Å²) in [6.45, 7) is 3.47. The Morgan fingerprint density at radius 3 is 3.05 bits per heavy atom. The number of hydrogen-bond acceptors (Lipinski definition) is 5. The highest BCUT2D eigenvalue weighted by molar-refractivity contribution is 5.94. The van der Waals surface area contributed by atoms with E-state index in [1.807, 2.05) is 4.68 Å². The summed E-state index contributed by atoms with van der Waals surface area (Å²) >= 11 is 0. The molecule has 2 N–H and O–H groups in total. The number of rotatable bonds is 4. The van der Waals surface area contributed by atoms with Crippen LogP contribution in [0.25, 0.3) is 0 Å². The Kier molecular flexibility index (Phi) is 4.73. The fourth-order valence-corrected chi connectivity index (χ4v) is 2.23. The first-order valence-electron chi connectivity index (χ1n) is 6.76. The smallest absolute Gasteiger partial charge is 0.328 e. The third kappa shape index (κ3) is 3.36. The van der Waals surface area contributed by atoms with Crippen LogP contribution in [0.15, 0.2) is 12.3 Å². The Bertz CT molecular complexity index is 480. The van der Waals surface area contributed by atoms with E-state index in [0.717, 1.165) is 25.9 Å². The minimum Gasteiger partial charge on any atom is -0.467 e. The van der Waals surface area contributed by atoms with Gasteiger partial charge in [0.1, 0.15) is 11.7 Å². The molecule has 7 heteroatoms. The zero-order valence-electron chi connectivity index (χ0n) is 11.8. The molecule has 1 unspecified atom stereocenters. The van der Waals surface area contributed by atoms with E-state index in [4.69, 9.17) is 0 Å². The van der Waals surface area contributed by atoms with E-state index < -0.39 is 12.0 Å². The Labute approximate surface area is 117 Å². The molecule has 1 aliphatic heterocycles. The summed E-state index contributed by atoms with van der Waals surface area (Å²) < 4.78 is 6.37. The second-order valence-electron chi connectivity index (χ2n) is 4.90. The second-order valence-corrected chi connectivity index (χ2v) is 4.90. The maximum absolute atomic E-state index is 12.0. The summed E-state index contributed by atoms with van der Waals surface area (Å²) in [5.41, 5.74) is 0.311. The fourth-order valence-electron chi connectivity index (χ4n) is 2.23. The molecule has 20 heavy (non-hydrogen) atoms. The van der Waals surface area contributed by atoms with Gasteiger partial charge in [0, 0.05) is 12.7 Å². The lowest BCUT2D eigenvalue weighted by Gasteiger charge is -2.22. The standard InChI is InChI=1S/C13H20N4O3/c1-9(13(19)20-2)15-12(18)11-5-7-17(16-11)10-4-3-6-14-8-10/h5,7,9-10,14H,3-4,6,8H2,1-2H3,(H,15,18)/t9-,10?/m1/s1. The van der Waals surface area contributed by atoms with Crippen LogP contribution in [-0.4, -0.2) is 47.9 Å². The van der Waals surface area contributed by atoms with Crippen LogP contribution in [0.3, 0.4) is 0 Å². The molecule has 110 valence electrons. The van der Waals surface area contributed by atoms with E-state index in [1.54, 1.807) is 19.2 Å². The summed E-state index contributed by atoms with van der Waals surface area (Å²) in [4.78, 5) is 23.2. The van der Waals surface area contributed by atoms with Gasteiger partial charge >= 0.3 is 5.97 Å². The third-order valence-electron chi connectivity index (χ3n) is 3.39. The molecule has 7 nitrogen and oxygen atoms in total. The van der Waals surface area contributed by atoms with E-state index in [1.165, 1.54) is 7.11 Å². The number of aromatic nitrogens is 2. The SMILES string of the molecule is COC(=O)[C@@H](C)NC(=O)c1ccn(C2CCCNC2)n1. The maximum Gasteiger partial charge on any atom is 0.328 e. The van der Waals surface area contributed by atoms with E-state index in [2.05, 4.69) is 20.5 Å². The first-order chi connectivity index (χ1) is 9.61. The van der Waals surface area contributed by atoms with Gasteiger partial charge in [-0.05, 0) is 32.4 Å². The van der Waals surface area contributed by atoms with Gasteiger partial charge in [0.05, 0.1) is 13.2 Å². The third-order valence-corrected chi connectivity index (χ3v) is 3.39. The highest BCUT2D eigenvalue weighted by atomic mass is 16.5. The van der Waals surface area contributed by atoms with Crippen molar-refractivity contribution < 1.29 is 14.3 Å². The zero-order chi connectivity index (χ0) is 14.5. The lowest BCUT2D eigenvalue weighted by molar-refractivity contribution is -0.142. The molecule has 0 radical (unpaired) electrons. The molecule has 0 saturated carbocycles.